The van der Waals surface area contributed by atoms with Crippen LogP contribution in [-0.2, 0) is 4.74 Å². The largest absolute Gasteiger partial charge is 0.400 e. The van der Waals surface area contributed by atoms with Gasteiger partial charge in [-0.25, -0.2) is 4.67 Å². The average Bonchev–Trinajstić information content (AvgIpc) is 2.32. The van der Waals surface area contributed by atoms with E-state index in [0.717, 1.165) is 0 Å². The summed E-state index contributed by atoms with van der Waals surface area (Å²) in [7, 11) is 1.59. The van der Waals surface area contributed by atoms with Crippen molar-refractivity contribution < 1.29 is 28.1 Å². The standard InChI is InChI=1S/C10H15F3N2O3S/c1-14-9(19)15-3-5-4-18-6(2-10(11,12)13)8(17)7(5)16/h3,5-8,16-17H,2,4H2,1H3,(H,14,19)/p+1. The normalized spacial score (nSPS) is 31.5. The van der Waals surface area contributed by atoms with E-state index < -0.39 is 36.8 Å². The number of hydrogen-bond acceptors (Lipinski definition) is 3. The van der Waals surface area contributed by atoms with Gasteiger partial charge in [0.05, 0.1) is 38.2 Å². The maximum atomic E-state index is 12.2. The number of ether oxygens (including phenoxy) is 1. The molecule has 5 nitrogen and oxygen atoms in total. The number of aliphatic hydroxyl groups excluding tert-OH is 2. The highest BCUT2D eigenvalue weighted by atomic mass is 32.1. The number of alkyl halides is 3. The Labute approximate surface area is 113 Å². The molecule has 0 saturated carbocycles. The number of halogens is 3. The smallest absolute Gasteiger partial charge is 0.389 e. The molecule has 1 aliphatic heterocycles. The second kappa shape index (κ2) is 6.62. The van der Waals surface area contributed by atoms with Gasteiger partial charge in [0.15, 0.2) is 6.21 Å². The fourth-order valence-electron chi connectivity index (χ4n) is 1.67. The minimum Gasteiger partial charge on any atom is -0.389 e. The summed E-state index contributed by atoms with van der Waals surface area (Å²) in [5.41, 5.74) is 0. The third-order valence-corrected chi connectivity index (χ3v) is 3.06. The molecule has 1 rings (SSSR count). The highest BCUT2D eigenvalue weighted by molar-refractivity contribution is 7.96. The molecule has 0 aliphatic carbocycles. The zero-order valence-corrected chi connectivity index (χ0v) is 11.0. The van der Waals surface area contributed by atoms with Crippen LogP contribution in [0.15, 0.2) is 0 Å². The zero-order chi connectivity index (χ0) is 14.6. The van der Waals surface area contributed by atoms with E-state index in [2.05, 4.69) is 22.6 Å². The minimum absolute atomic E-state index is 0.146. The van der Waals surface area contributed by atoms with Crippen molar-refractivity contribution in [3.63, 3.8) is 0 Å². The van der Waals surface area contributed by atoms with Gasteiger partial charge in [-0.3, -0.25) is 5.32 Å². The van der Waals surface area contributed by atoms with Crippen LogP contribution < -0.4 is 9.98 Å². The summed E-state index contributed by atoms with van der Waals surface area (Å²) in [6.45, 7) is -0.146. The molecule has 19 heavy (non-hydrogen) atoms. The van der Waals surface area contributed by atoms with Gasteiger partial charge < -0.3 is 14.9 Å². The van der Waals surface area contributed by atoms with E-state index in [0.29, 0.717) is 0 Å². The van der Waals surface area contributed by atoms with E-state index in [-0.39, 0.29) is 11.8 Å². The highest BCUT2D eigenvalue weighted by Crippen LogP contribution is 2.29. The van der Waals surface area contributed by atoms with Crippen molar-refractivity contribution in [3.8, 4) is 0 Å². The molecule has 0 amide bonds. The Morgan fingerprint density at radius 2 is 2.11 bits per heavy atom. The number of hydrogen-bond donors (Lipinski definition) is 4. The molecule has 110 valence electrons. The molecular formula is C10H16F3N2O3S+. The zero-order valence-electron chi connectivity index (χ0n) is 10.1. The van der Waals surface area contributed by atoms with Crippen LogP contribution in [0.5, 0.6) is 0 Å². The number of thiol groups is 1. The van der Waals surface area contributed by atoms with Crippen molar-refractivity contribution in [2.45, 2.75) is 30.9 Å². The Bertz CT molecular complexity index is 372. The third kappa shape index (κ3) is 5.04. The van der Waals surface area contributed by atoms with Crippen molar-refractivity contribution in [2.24, 2.45) is 5.92 Å². The minimum atomic E-state index is -4.45. The van der Waals surface area contributed by atoms with E-state index in [9.17, 15) is 23.4 Å². The molecule has 0 radical (unpaired) electrons. The Balaban J connectivity index is 2.69. The van der Waals surface area contributed by atoms with Crippen LogP contribution >= 0.6 is 12.6 Å². The van der Waals surface area contributed by atoms with Gasteiger partial charge in [0.1, 0.15) is 6.10 Å². The topological polar surface area (TPSA) is 75.8 Å². The molecule has 0 aromatic rings. The van der Waals surface area contributed by atoms with Gasteiger partial charge in [0.2, 0.25) is 0 Å². The van der Waals surface area contributed by atoms with Gasteiger partial charge in [0.25, 0.3) is 0 Å². The summed E-state index contributed by atoms with van der Waals surface area (Å²) in [5.74, 6) is -0.685. The fraction of sp³-hybridized carbons (Fsp3) is 0.800. The molecule has 1 heterocycles. The number of nitrogens with one attached hydrogen (secondary N) is 1. The van der Waals surface area contributed by atoms with Crippen LogP contribution in [0, 0.1) is 5.92 Å². The molecule has 3 N–H and O–H groups in total. The first-order valence-electron chi connectivity index (χ1n) is 5.57. The first kappa shape index (κ1) is 16.3. The van der Waals surface area contributed by atoms with E-state index in [1.807, 2.05) is 0 Å². The van der Waals surface area contributed by atoms with Crippen LogP contribution in [0.1, 0.15) is 6.42 Å². The molecule has 1 saturated heterocycles. The van der Waals surface area contributed by atoms with E-state index in [4.69, 9.17) is 4.74 Å². The van der Waals surface area contributed by atoms with Gasteiger partial charge in [-0.05, 0) is 12.6 Å². The molecule has 0 aromatic heterocycles. The molecule has 0 bridgehead atoms. The molecule has 9 heteroatoms. The van der Waals surface area contributed by atoms with Gasteiger partial charge >= 0.3 is 11.3 Å². The van der Waals surface area contributed by atoms with E-state index in [1.54, 1.807) is 7.05 Å². The van der Waals surface area contributed by atoms with Crippen LogP contribution in [-0.4, -0.2) is 59.7 Å². The first-order valence-corrected chi connectivity index (χ1v) is 6.01. The quantitative estimate of drug-likeness (QED) is 0.236. The molecule has 1 aliphatic rings. The summed E-state index contributed by atoms with van der Waals surface area (Å²) in [5, 5.41) is 22.3. The van der Waals surface area contributed by atoms with Crippen molar-refractivity contribution >= 4 is 24.0 Å². The van der Waals surface area contributed by atoms with Crippen molar-refractivity contribution in [1.29, 1.82) is 0 Å². The number of rotatable bonds is 2. The highest BCUT2D eigenvalue weighted by Gasteiger charge is 2.44. The maximum Gasteiger partial charge on any atom is 0.400 e. The van der Waals surface area contributed by atoms with Crippen molar-refractivity contribution in [3.05, 3.63) is 0 Å². The summed E-state index contributed by atoms with van der Waals surface area (Å²) < 4.78 is 45.4. The Morgan fingerprint density at radius 3 is 2.63 bits per heavy atom. The second-order valence-corrected chi connectivity index (χ2v) is 4.61. The molecule has 4 unspecified atom stereocenters. The molecule has 4 atom stereocenters. The predicted molar refractivity (Wildman–Crippen MR) is 67.2 cm³/mol. The lowest BCUT2D eigenvalue weighted by Crippen LogP contribution is -2.52. The SMILES string of the molecule is CNC(S)=[N+]=CC1COC(CC(F)(F)F)C(O)C1O. The van der Waals surface area contributed by atoms with Crippen molar-refractivity contribution in [2.75, 3.05) is 13.7 Å². The molecule has 1 fully saturated rings. The van der Waals surface area contributed by atoms with Crippen molar-refractivity contribution in [1.82, 2.24) is 9.98 Å². The maximum absolute atomic E-state index is 12.2. The summed E-state index contributed by atoms with van der Waals surface area (Å²) in [6, 6.07) is 0. The van der Waals surface area contributed by atoms with E-state index in [1.165, 1.54) is 6.21 Å². The number of amidine groups is 1. The molecule has 0 spiro atoms. The van der Waals surface area contributed by atoms with Gasteiger partial charge in [0, 0.05) is 0 Å². The lowest BCUT2D eigenvalue weighted by Gasteiger charge is -2.35. The lowest BCUT2D eigenvalue weighted by molar-refractivity contribution is -0.207. The van der Waals surface area contributed by atoms with Crippen LogP contribution in [0.2, 0.25) is 0 Å². The second-order valence-electron chi connectivity index (χ2n) is 4.19. The molecule has 0 aromatic carbocycles. The molecular weight excluding hydrogens is 285 g/mol. The Hall–Kier alpha value is -0.730. The Kier molecular flexibility index (Phi) is 5.69. The van der Waals surface area contributed by atoms with Gasteiger partial charge in [-0.1, -0.05) is 0 Å². The number of nitrogens with zero attached hydrogens (tertiary/aromatic N) is 1. The first-order chi connectivity index (χ1) is 8.74. The lowest BCUT2D eigenvalue weighted by atomic mass is 9.92. The summed E-state index contributed by atoms with van der Waals surface area (Å²) in [4.78, 5) is 0. The monoisotopic (exact) mass is 301 g/mol. The Morgan fingerprint density at radius 1 is 1.47 bits per heavy atom. The number of aliphatic hydroxyl groups is 2. The van der Waals surface area contributed by atoms with Crippen LogP contribution in [0.25, 0.3) is 0 Å². The van der Waals surface area contributed by atoms with Gasteiger partial charge in [-0.2, -0.15) is 13.2 Å². The average molecular weight is 301 g/mol. The predicted octanol–water partition coefficient (Wildman–Crippen LogP) is -0.681. The third-order valence-electron chi connectivity index (χ3n) is 2.72. The summed E-state index contributed by atoms with van der Waals surface area (Å²) >= 11 is 3.93. The van der Waals surface area contributed by atoms with Gasteiger partial charge in [-0.15, -0.1) is 0 Å². The summed E-state index contributed by atoms with van der Waals surface area (Å²) in [6.07, 6.45) is -8.88. The van der Waals surface area contributed by atoms with E-state index >= 15 is 0 Å². The van der Waals surface area contributed by atoms with Crippen LogP contribution in [0.4, 0.5) is 13.2 Å². The van der Waals surface area contributed by atoms with Crippen LogP contribution in [0.3, 0.4) is 0 Å². The fourth-order valence-corrected chi connectivity index (χ4v) is 1.74.